The Morgan fingerprint density at radius 3 is 1.94 bits per heavy atom. The van der Waals surface area contributed by atoms with Crippen LogP contribution in [-0.2, 0) is 23.8 Å². The van der Waals surface area contributed by atoms with E-state index >= 15 is 0 Å². The summed E-state index contributed by atoms with van der Waals surface area (Å²) >= 11 is 0. The highest BCUT2D eigenvalue weighted by atomic mass is 16.6. The Balaban J connectivity index is 0. The van der Waals surface area contributed by atoms with Crippen molar-refractivity contribution in [2.75, 3.05) is 20.8 Å². The molecule has 1 N–H and O–H groups in total. The number of esters is 1. The highest BCUT2D eigenvalue weighted by Gasteiger charge is 2.29. The molecule has 2 atom stereocenters. The van der Waals surface area contributed by atoms with Crippen molar-refractivity contribution in [1.82, 2.24) is 0 Å². The zero-order valence-corrected chi connectivity index (χ0v) is 12.0. The van der Waals surface area contributed by atoms with Gasteiger partial charge in [-0.1, -0.05) is 6.92 Å². The molecule has 0 heterocycles. The fraction of sp³-hybridized carbons (Fsp3) is 0.833. The Kier molecular flexibility index (Phi) is 10.5. The van der Waals surface area contributed by atoms with E-state index in [0.717, 1.165) is 0 Å². The van der Waals surface area contributed by atoms with Gasteiger partial charge in [0.05, 0.1) is 6.61 Å². The van der Waals surface area contributed by atoms with Crippen molar-refractivity contribution < 1.29 is 28.9 Å². The molecule has 0 fully saturated rings. The van der Waals surface area contributed by atoms with Crippen LogP contribution in [0.5, 0.6) is 0 Å². The molecule has 0 aromatic rings. The number of carboxylic acid groups (broad SMARTS) is 1. The van der Waals surface area contributed by atoms with Gasteiger partial charge in [0.15, 0.2) is 11.7 Å². The van der Waals surface area contributed by atoms with Crippen molar-refractivity contribution in [2.45, 2.75) is 45.8 Å². The first-order chi connectivity index (χ1) is 8.28. The Morgan fingerprint density at radius 2 is 1.78 bits per heavy atom. The number of methoxy groups -OCH3 is 2. The molecule has 6 heteroatoms. The van der Waals surface area contributed by atoms with E-state index in [9.17, 15) is 9.59 Å². The molecule has 0 aromatic heterocycles. The first-order valence-corrected chi connectivity index (χ1v) is 5.76. The van der Waals surface area contributed by atoms with E-state index < -0.39 is 17.7 Å². The molecule has 0 aliphatic heterocycles. The summed E-state index contributed by atoms with van der Waals surface area (Å²) in [6.07, 6.45) is 0.0451. The molecule has 0 saturated heterocycles. The monoisotopic (exact) mass is 264 g/mol. The van der Waals surface area contributed by atoms with Crippen LogP contribution in [0.4, 0.5) is 0 Å². The quantitative estimate of drug-likeness (QED) is 0.731. The van der Waals surface area contributed by atoms with E-state index in [2.05, 4.69) is 9.47 Å². The van der Waals surface area contributed by atoms with Crippen LogP contribution in [0.15, 0.2) is 0 Å². The minimum absolute atomic E-state index is 0.306. The van der Waals surface area contributed by atoms with Gasteiger partial charge in [0.2, 0.25) is 0 Å². The van der Waals surface area contributed by atoms with E-state index in [-0.39, 0.29) is 5.97 Å². The Hall–Kier alpha value is -1.14. The molecule has 2 unspecified atom stereocenters. The smallest absolute Gasteiger partial charge is 0.335 e. The zero-order valence-electron chi connectivity index (χ0n) is 12.0. The molecular weight excluding hydrogens is 240 g/mol. The number of carbonyl (C=O) groups excluding carboxylic acids is 1. The molecule has 18 heavy (non-hydrogen) atoms. The predicted octanol–water partition coefficient (Wildman–Crippen LogP) is 1.47. The van der Waals surface area contributed by atoms with E-state index in [1.165, 1.54) is 14.2 Å². The van der Waals surface area contributed by atoms with Crippen molar-refractivity contribution in [1.29, 1.82) is 0 Å². The van der Waals surface area contributed by atoms with Gasteiger partial charge >= 0.3 is 11.9 Å². The minimum Gasteiger partial charge on any atom is -0.479 e. The number of ether oxygens (including phenoxy) is 3. The average Bonchev–Trinajstić information content (AvgIpc) is 2.37. The number of aliphatic carboxylic acids is 1. The number of carboxylic acids is 1. The summed E-state index contributed by atoms with van der Waals surface area (Å²) < 4.78 is 14.1. The minimum atomic E-state index is -1.00. The SMILES string of the molecule is CCC(C)(OC)C(=O)O.CCOC(=O)C(C)OC. The maximum absolute atomic E-state index is 10.6. The fourth-order valence-electron chi connectivity index (χ4n) is 0.739. The second kappa shape index (κ2) is 9.85. The molecule has 0 rings (SSSR count). The third-order valence-corrected chi connectivity index (χ3v) is 2.55. The van der Waals surface area contributed by atoms with Gasteiger partial charge in [-0.15, -0.1) is 0 Å². The summed E-state index contributed by atoms with van der Waals surface area (Å²) in [5.74, 6) is -1.22. The summed E-state index contributed by atoms with van der Waals surface area (Å²) in [5, 5.41) is 8.51. The average molecular weight is 264 g/mol. The summed E-state index contributed by atoms with van der Waals surface area (Å²) in [6, 6.07) is 0. The van der Waals surface area contributed by atoms with E-state index in [1.54, 1.807) is 27.7 Å². The van der Waals surface area contributed by atoms with Crippen molar-refractivity contribution in [3.05, 3.63) is 0 Å². The third-order valence-electron chi connectivity index (χ3n) is 2.55. The van der Waals surface area contributed by atoms with Gasteiger partial charge in [-0.3, -0.25) is 0 Å². The van der Waals surface area contributed by atoms with Crippen LogP contribution in [-0.4, -0.2) is 49.6 Å². The number of hydrogen-bond acceptors (Lipinski definition) is 5. The number of carbonyl (C=O) groups is 2. The van der Waals surface area contributed by atoms with Crippen molar-refractivity contribution in [3.63, 3.8) is 0 Å². The Bertz CT molecular complexity index is 245. The molecule has 0 spiro atoms. The molecule has 0 aromatic carbocycles. The molecule has 0 bridgehead atoms. The Labute approximate surface area is 108 Å². The second-order valence-corrected chi connectivity index (χ2v) is 3.72. The molecule has 108 valence electrons. The van der Waals surface area contributed by atoms with Crippen LogP contribution >= 0.6 is 0 Å². The molecule has 0 saturated carbocycles. The van der Waals surface area contributed by atoms with Crippen molar-refractivity contribution >= 4 is 11.9 Å². The van der Waals surface area contributed by atoms with Gasteiger partial charge < -0.3 is 19.3 Å². The first kappa shape index (κ1) is 19.2. The lowest BCUT2D eigenvalue weighted by molar-refractivity contribution is -0.160. The maximum atomic E-state index is 10.6. The maximum Gasteiger partial charge on any atom is 0.335 e. The topological polar surface area (TPSA) is 82.1 Å². The molecular formula is C12H24O6. The summed E-state index contributed by atoms with van der Waals surface area (Å²) in [6.45, 7) is 7.15. The standard InChI is InChI=1S/2C6H12O3/c1-4-6(2,9-3)5(7)8;1-4-9-6(7)5(2)8-3/h4H2,1-3H3,(H,7,8);5H,4H2,1-3H3. The van der Waals surface area contributed by atoms with Crippen LogP contribution in [0.25, 0.3) is 0 Å². The lowest BCUT2D eigenvalue weighted by Gasteiger charge is -2.20. The molecule has 0 aliphatic rings. The van der Waals surface area contributed by atoms with Gasteiger partial charge in [0.1, 0.15) is 0 Å². The van der Waals surface area contributed by atoms with Crippen molar-refractivity contribution in [3.8, 4) is 0 Å². The largest absolute Gasteiger partial charge is 0.479 e. The van der Waals surface area contributed by atoms with E-state index in [1.807, 2.05) is 0 Å². The highest BCUT2D eigenvalue weighted by molar-refractivity contribution is 5.76. The lowest BCUT2D eigenvalue weighted by Crippen LogP contribution is -2.36. The van der Waals surface area contributed by atoms with Crippen LogP contribution in [0.2, 0.25) is 0 Å². The normalized spacial score (nSPS) is 14.8. The second-order valence-electron chi connectivity index (χ2n) is 3.72. The fourth-order valence-corrected chi connectivity index (χ4v) is 0.739. The van der Waals surface area contributed by atoms with Gasteiger partial charge in [0.25, 0.3) is 0 Å². The van der Waals surface area contributed by atoms with Crippen LogP contribution < -0.4 is 0 Å². The van der Waals surface area contributed by atoms with Gasteiger partial charge in [0, 0.05) is 14.2 Å². The molecule has 0 amide bonds. The van der Waals surface area contributed by atoms with Crippen LogP contribution in [0.3, 0.4) is 0 Å². The third kappa shape index (κ3) is 7.24. The first-order valence-electron chi connectivity index (χ1n) is 5.76. The zero-order chi connectivity index (χ0) is 14.8. The molecule has 6 nitrogen and oxygen atoms in total. The lowest BCUT2D eigenvalue weighted by atomic mass is 10.0. The Morgan fingerprint density at radius 1 is 1.28 bits per heavy atom. The molecule has 0 aliphatic carbocycles. The van der Waals surface area contributed by atoms with Gasteiger partial charge in [-0.25, -0.2) is 9.59 Å². The number of rotatable bonds is 6. The summed E-state index contributed by atoms with van der Waals surface area (Å²) in [4.78, 5) is 21.0. The van der Waals surface area contributed by atoms with Crippen molar-refractivity contribution in [2.24, 2.45) is 0 Å². The molecule has 0 radical (unpaired) electrons. The van der Waals surface area contributed by atoms with Gasteiger partial charge in [-0.05, 0) is 27.2 Å². The highest BCUT2D eigenvalue weighted by Crippen LogP contribution is 2.12. The van der Waals surface area contributed by atoms with Crippen LogP contribution in [0.1, 0.15) is 34.1 Å². The predicted molar refractivity (Wildman–Crippen MR) is 66.4 cm³/mol. The van der Waals surface area contributed by atoms with Crippen LogP contribution in [0, 0.1) is 0 Å². The summed E-state index contributed by atoms with van der Waals surface area (Å²) in [7, 11) is 2.87. The summed E-state index contributed by atoms with van der Waals surface area (Å²) in [5.41, 5.74) is -1.00. The van der Waals surface area contributed by atoms with Gasteiger partial charge in [-0.2, -0.15) is 0 Å². The number of hydrogen-bond donors (Lipinski definition) is 1. The van der Waals surface area contributed by atoms with E-state index in [4.69, 9.17) is 9.84 Å². The van der Waals surface area contributed by atoms with E-state index in [0.29, 0.717) is 13.0 Å².